The molecule has 2 N–H and O–H groups in total. The zero-order chi connectivity index (χ0) is 14.5. The molecule has 0 saturated carbocycles. The number of amides is 1. The Labute approximate surface area is 133 Å². The van der Waals surface area contributed by atoms with Crippen molar-refractivity contribution < 1.29 is 4.79 Å². The summed E-state index contributed by atoms with van der Waals surface area (Å²) in [5.74, 6) is 0.576. The molecule has 2 rings (SSSR count). The molecular weight excluding hydrogens is 288 g/mol. The predicted molar refractivity (Wildman–Crippen MR) is 87.2 cm³/mol. The molecule has 1 saturated heterocycles. The number of carbonyl (C=O) groups is 1. The van der Waals surface area contributed by atoms with Gasteiger partial charge in [-0.1, -0.05) is 6.92 Å². The first-order valence-corrected chi connectivity index (χ1v) is 7.66. The van der Waals surface area contributed by atoms with Crippen molar-refractivity contribution in [3.63, 3.8) is 0 Å². The molecule has 2 heterocycles. The molecule has 5 nitrogen and oxygen atoms in total. The lowest BCUT2D eigenvalue weighted by Crippen LogP contribution is -2.38. The van der Waals surface area contributed by atoms with E-state index in [9.17, 15) is 4.79 Å². The average molecular weight is 315 g/mol. The molecule has 1 aliphatic rings. The van der Waals surface area contributed by atoms with Gasteiger partial charge in [-0.3, -0.25) is 9.48 Å². The molecule has 0 spiro atoms. The topological polar surface area (TPSA) is 59.0 Å². The van der Waals surface area contributed by atoms with Gasteiger partial charge in [0.1, 0.15) is 0 Å². The van der Waals surface area contributed by atoms with E-state index in [1.54, 1.807) is 0 Å². The fourth-order valence-electron chi connectivity index (χ4n) is 2.88. The van der Waals surface area contributed by atoms with Gasteiger partial charge >= 0.3 is 0 Å². The van der Waals surface area contributed by atoms with E-state index in [0.29, 0.717) is 5.92 Å². The van der Waals surface area contributed by atoms with Gasteiger partial charge < -0.3 is 10.6 Å². The Morgan fingerprint density at radius 3 is 2.86 bits per heavy atom. The van der Waals surface area contributed by atoms with Gasteiger partial charge in [-0.15, -0.1) is 12.4 Å². The molecule has 1 aromatic heterocycles. The third-order valence-electron chi connectivity index (χ3n) is 3.99. The quantitative estimate of drug-likeness (QED) is 0.874. The summed E-state index contributed by atoms with van der Waals surface area (Å²) < 4.78 is 1.94. The first-order valence-electron chi connectivity index (χ1n) is 7.66. The van der Waals surface area contributed by atoms with Gasteiger partial charge in [-0.25, -0.2) is 0 Å². The summed E-state index contributed by atoms with van der Waals surface area (Å²) in [5.41, 5.74) is 2.56. The van der Waals surface area contributed by atoms with Crippen molar-refractivity contribution in [2.45, 2.75) is 46.6 Å². The highest BCUT2D eigenvalue weighted by Crippen LogP contribution is 2.14. The zero-order valence-corrected chi connectivity index (χ0v) is 14.1. The van der Waals surface area contributed by atoms with Crippen molar-refractivity contribution in [2.75, 3.05) is 19.6 Å². The maximum Gasteiger partial charge on any atom is 0.255 e. The average Bonchev–Trinajstić information content (AvgIpc) is 2.73. The maximum atomic E-state index is 12.4. The number of hydrogen-bond acceptors (Lipinski definition) is 3. The SMILES string of the molecule is CCCn1nc(C)c(C(=O)NCC2CCCNC2)c1C.Cl. The molecule has 0 radical (unpaired) electrons. The Kier molecular flexibility index (Phi) is 7.18. The molecule has 1 unspecified atom stereocenters. The second-order valence-electron chi connectivity index (χ2n) is 5.69. The Morgan fingerprint density at radius 2 is 2.24 bits per heavy atom. The highest BCUT2D eigenvalue weighted by atomic mass is 35.5. The summed E-state index contributed by atoms with van der Waals surface area (Å²) in [4.78, 5) is 12.4. The van der Waals surface area contributed by atoms with Gasteiger partial charge in [-0.2, -0.15) is 5.10 Å². The molecule has 120 valence electrons. The molecule has 1 amide bonds. The van der Waals surface area contributed by atoms with Crippen LogP contribution < -0.4 is 10.6 Å². The number of nitrogens with one attached hydrogen (secondary N) is 2. The van der Waals surface area contributed by atoms with Gasteiger partial charge in [0.2, 0.25) is 0 Å². The Morgan fingerprint density at radius 1 is 1.48 bits per heavy atom. The smallest absolute Gasteiger partial charge is 0.255 e. The van der Waals surface area contributed by atoms with Crippen molar-refractivity contribution in [3.8, 4) is 0 Å². The molecule has 1 atom stereocenters. The standard InChI is InChI=1S/C15H26N4O.ClH/c1-4-8-19-12(3)14(11(2)18-19)15(20)17-10-13-6-5-7-16-9-13;/h13,16H,4-10H2,1-3H3,(H,17,20);1H. The summed E-state index contributed by atoms with van der Waals surface area (Å²) in [5, 5.41) is 10.9. The fraction of sp³-hybridized carbons (Fsp3) is 0.733. The zero-order valence-electron chi connectivity index (χ0n) is 13.2. The molecule has 21 heavy (non-hydrogen) atoms. The lowest BCUT2D eigenvalue weighted by Gasteiger charge is -2.22. The van der Waals surface area contributed by atoms with Crippen LogP contribution in [-0.2, 0) is 6.54 Å². The van der Waals surface area contributed by atoms with Crippen LogP contribution in [0.4, 0.5) is 0 Å². The van der Waals surface area contributed by atoms with E-state index in [4.69, 9.17) is 0 Å². The largest absolute Gasteiger partial charge is 0.352 e. The van der Waals surface area contributed by atoms with Crippen LogP contribution in [0, 0.1) is 19.8 Å². The van der Waals surface area contributed by atoms with Crippen LogP contribution in [0.5, 0.6) is 0 Å². The van der Waals surface area contributed by atoms with Crippen molar-refractivity contribution in [3.05, 3.63) is 17.0 Å². The maximum absolute atomic E-state index is 12.4. The van der Waals surface area contributed by atoms with Crippen LogP contribution in [-0.4, -0.2) is 35.3 Å². The second-order valence-corrected chi connectivity index (χ2v) is 5.69. The van der Waals surface area contributed by atoms with E-state index in [1.807, 2.05) is 18.5 Å². The normalized spacial score (nSPS) is 18.1. The first-order chi connectivity index (χ1) is 9.63. The van der Waals surface area contributed by atoms with Gasteiger partial charge in [0.15, 0.2) is 0 Å². The minimum atomic E-state index is 0. The van der Waals surface area contributed by atoms with E-state index >= 15 is 0 Å². The minimum absolute atomic E-state index is 0. The van der Waals surface area contributed by atoms with Crippen molar-refractivity contribution in [1.29, 1.82) is 0 Å². The number of rotatable bonds is 5. The van der Waals surface area contributed by atoms with E-state index in [2.05, 4.69) is 22.7 Å². The third-order valence-corrected chi connectivity index (χ3v) is 3.99. The van der Waals surface area contributed by atoms with E-state index in [-0.39, 0.29) is 18.3 Å². The number of aromatic nitrogens is 2. The second kappa shape index (κ2) is 8.39. The lowest BCUT2D eigenvalue weighted by molar-refractivity contribution is 0.0943. The molecule has 0 bridgehead atoms. The van der Waals surface area contributed by atoms with Gasteiger partial charge in [-0.05, 0) is 52.1 Å². The van der Waals surface area contributed by atoms with Crippen molar-refractivity contribution >= 4 is 18.3 Å². The number of hydrogen-bond donors (Lipinski definition) is 2. The van der Waals surface area contributed by atoms with Gasteiger partial charge in [0.25, 0.3) is 5.91 Å². The summed E-state index contributed by atoms with van der Waals surface area (Å²) >= 11 is 0. The van der Waals surface area contributed by atoms with Crippen molar-refractivity contribution in [2.24, 2.45) is 5.92 Å². The van der Waals surface area contributed by atoms with Crippen LogP contribution >= 0.6 is 12.4 Å². The Hall–Kier alpha value is -1.07. The van der Waals surface area contributed by atoms with E-state index in [0.717, 1.165) is 49.6 Å². The highest BCUT2D eigenvalue weighted by Gasteiger charge is 2.20. The number of piperidine rings is 1. The Bertz CT molecular complexity index is 466. The summed E-state index contributed by atoms with van der Waals surface area (Å²) in [7, 11) is 0. The van der Waals surface area contributed by atoms with Gasteiger partial charge in [0, 0.05) is 18.8 Å². The van der Waals surface area contributed by atoms with E-state index in [1.165, 1.54) is 12.8 Å². The number of carbonyl (C=O) groups excluding carboxylic acids is 1. The number of aryl methyl sites for hydroxylation is 2. The van der Waals surface area contributed by atoms with Crippen LogP contribution in [0.1, 0.15) is 47.9 Å². The Balaban J connectivity index is 0.00000220. The van der Waals surface area contributed by atoms with Gasteiger partial charge in [0.05, 0.1) is 11.3 Å². The molecule has 0 aromatic carbocycles. The molecule has 0 aliphatic carbocycles. The van der Waals surface area contributed by atoms with Crippen LogP contribution in [0.3, 0.4) is 0 Å². The third kappa shape index (κ3) is 4.45. The summed E-state index contributed by atoms with van der Waals surface area (Å²) in [6.07, 6.45) is 3.42. The number of nitrogens with zero attached hydrogens (tertiary/aromatic N) is 2. The van der Waals surface area contributed by atoms with Crippen LogP contribution in [0.2, 0.25) is 0 Å². The number of halogens is 1. The first kappa shape index (κ1) is 18.0. The fourth-order valence-corrected chi connectivity index (χ4v) is 2.88. The monoisotopic (exact) mass is 314 g/mol. The lowest BCUT2D eigenvalue weighted by atomic mass is 9.99. The van der Waals surface area contributed by atoms with E-state index < -0.39 is 0 Å². The van der Waals surface area contributed by atoms with Crippen LogP contribution in [0.15, 0.2) is 0 Å². The van der Waals surface area contributed by atoms with Crippen molar-refractivity contribution in [1.82, 2.24) is 20.4 Å². The molecule has 6 heteroatoms. The predicted octanol–water partition coefficient (Wildman–Crippen LogP) is 2.06. The minimum Gasteiger partial charge on any atom is -0.352 e. The molecule has 1 aliphatic heterocycles. The molecule has 1 fully saturated rings. The highest BCUT2D eigenvalue weighted by molar-refractivity contribution is 5.96. The summed E-state index contributed by atoms with van der Waals surface area (Å²) in [6, 6.07) is 0. The molecule has 1 aromatic rings. The molecular formula is C15H27ClN4O. The summed E-state index contributed by atoms with van der Waals surface area (Å²) in [6.45, 7) is 9.74. The van der Waals surface area contributed by atoms with Crippen LogP contribution in [0.25, 0.3) is 0 Å².